The Kier molecular flexibility index (Phi) is 6.08. The van der Waals surface area contributed by atoms with E-state index in [0.717, 1.165) is 4.88 Å². The second kappa shape index (κ2) is 8.50. The van der Waals surface area contributed by atoms with Crippen LogP contribution in [0.25, 0.3) is 5.76 Å². The Morgan fingerprint density at radius 2 is 1.93 bits per heavy atom. The summed E-state index contributed by atoms with van der Waals surface area (Å²) in [6, 6.07) is 12.1. The molecule has 1 aliphatic heterocycles. The minimum Gasteiger partial charge on any atom is -0.507 e. The highest BCUT2D eigenvalue weighted by Crippen LogP contribution is 2.40. The summed E-state index contributed by atoms with van der Waals surface area (Å²) in [4.78, 5) is 27.8. The Bertz CT molecular complexity index is 827. The minimum absolute atomic E-state index is 0.117. The molecule has 1 aliphatic rings. The number of ether oxygens (including phenoxy) is 1. The van der Waals surface area contributed by atoms with Crippen LogP contribution >= 0.6 is 11.3 Å². The van der Waals surface area contributed by atoms with Crippen LogP contribution in [0.15, 0.2) is 53.4 Å². The summed E-state index contributed by atoms with van der Waals surface area (Å²) in [6.07, 6.45) is 0.741. The van der Waals surface area contributed by atoms with E-state index in [0.29, 0.717) is 25.1 Å². The summed E-state index contributed by atoms with van der Waals surface area (Å²) in [5, 5.41) is 12.7. The van der Waals surface area contributed by atoms with E-state index in [1.807, 2.05) is 37.4 Å². The molecule has 0 radical (unpaired) electrons. The fourth-order valence-electron chi connectivity index (χ4n) is 3.16. The van der Waals surface area contributed by atoms with E-state index in [-0.39, 0.29) is 17.4 Å². The summed E-state index contributed by atoms with van der Waals surface area (Å²) in [5.74, 6) is -1.34. The smallest absolute Gasteiger partial charge is 0.295 e. The van der Waals surface area contributed by atoms with Crippen molar-refractivity contribution in [1.29, 1.82) is 0 Å². The lowest BCUT2D eigenvalue weighted by Crippen LogP contribution is -2.31. The van der Waals surface area contributed by atoms with Crippen molar-refractivity contribution in [3.63, 3.8) is 0 Å². The van der Waals surface area contributed by atoms with Gasteiger partial charge in [0.1, 0.15) is 5.76 Å². The highest BCUT2D eigenvalue weighted by molar-refractivity contribution is 7.10. The largest absolute Gasteiger partial charge is 0.507 e. The topological polar surface area (TPSA) is 66.8 Å². The quantitative estimate of drug-likeness (QED) is 0.339. The molecule has 1 fully saturated rings. The molecule has 1 unspecified atom stereocenters. The molecule has 2 aromatic rings. The van der Waals surface area contributed by atoms with Gasteiger partial charge in [0.25, 0.3) is 11.7 Å². The number of likely N-dealkylation sites (tertiary alicyclic amines) is 1. The maximum absolute atomic E-state index is 12.7. The molecule has 142 valence electrons. The normalized spacial score (nSPS) is 19.2. The van der Waals surface area contributed by atoms with Crippen LogP contribution in [0.4, 0.5) is 0 Å². The summed E-state index contributed by atoms with van der Waals surface area (Å²) >= 11 is 1.47. The Labute approximate surface area is 162 Å². The van der Waals surface area contributed by atoms with Gasteiger partial charge in [-0.3, -0.25) is 9.59 Å². The summed E-state index contributed by atoms with van der Waals surface area (Å²) in [6.45, 7) is 4.82. The first kappa shape index (κ1) is 19.3. The molecule has 1 atom stereocenters. The van der Waals surface area contributed by atoms with Crippen molar-refractivity contribution in [2.24, 2.45) is 0 Å². The van der Waals surface area contributed by atoms with Crippen molar-refractivity contribution in [2.45, 2.75) is 32.4 Å². The SMILES string of the molecule is CC(C)OCCCN1C(=O)C(=O)C(=C(O)c2ccccc2)C1c1cccs1. The summed E-state index contributed by atoms with van der Waals surface area (Å²) in [5.41, 5.74) is 0.679. The molecule has 0 bridgehead atoms. The van der Waals surface area contributed by atoms with E-state index in [9.17, 15) is 14.7 Å². The summed E-state index contributed by atoms with van der Waals surface area (Å²) in [7, 11) is 0. The molecular formula is C21H23NO4S. The number of carbonyl (C=O) groups excluding carboxylic acids is 2. The Balaban J connectivity index is 1.95. The van der Waals surface area contributed by atoms with E-state index in [4.69, 9.17) is 4.74 Å². The molecular weight excluding hydrogens is 362 g/mol. The minimum atomic E-state index is -0.639. The lowest BCUT2D eigenvalue weighted by molar-refractivity contribution is -0.140. The van der Waals surface area contributed by atoms with Gasteiger partial charge in [-0.2, -0.15) is 0 Å². The van der Waals surface area contributed by atoms with Gasteiger partial charge in [-0.15, -0.1) is 11.3 Å². The number of aliphatic hydroxyl groups is 1. The highest BCUT2D eigenvalue weighted by atomic mass is 32.1. The third-order valence-electron chi connectivity index (χ3n) is 4.39. The van der Waals surface area contributed by atoms with E-state index in [1.54, 1.807) is 29.2 Å². The molecule has 1 aromatic carbocycles. The van der Waals surface area contributed by atoms with Crippen molar-refractivity contribution >= 4 is 28.8 Å². The number of benzene rings is 1. The maximum Gasteiger partial charge on any atom is 0.295 e. The number of rotatable bonds is 7. The third kappa shape index (κ3) is 4.12. The van der Waals surface area contributed by atoms with Crippen LogP contribution < -0.4 is 0 Å². The molecule has 5 nitrogen and oxygen atoms in total. The van der Waals surface area contributed by atoms with Crippen LogP contribution in [-0.4, -0.2) is 41.0 Å². The van der Waals surface area contributed by atoms with Gasteiger partial charge in [0, 0.05) is 23.6 Å². The van der Waals surface area contributed by atoms with Crippen LogP contribution in [-0.2, 0) is 14.3 Å². The molecule has 1 amide bonds. The molecule has 27 heavy (non-hydrogen) atoms. The number of aliphatic hydroxyl groups excluding tert-OH is 1. The van der Waals surface area contributed by atoms with E-state index in [1.165, 1.54) is 11.3 Å². The highest BCUT2D eigenvalue weighted by Gasteiger charge is 2.46. The van der Waals surface area contributed by atoms with Crippen LogP contribution in [0.2, 0.25) is 0 Å². The molecule has 0 saturated carbocycles. The number of amides is 1. The number of carbonyl (C=O) groups is 2. The molecule has 2 heterocycles. The number of hydrogen-bond donors (Lipinski definition) is 1. The van der Waals surface area contributed by atoms with Crippen molar-refractivity contribution in [1.82, 2.24) is 4.90 Å². The Morgan fingerprint density at radius 1 is 1.19 bits per heavy atom. The van der Waals surface area contributed by atoms with Crippen LogP contribution in [0, 0.1) is 0 Å². The zero-order chi connectivity index (χ0) is 19.4. The number of thiophene rings is 1. The van der Waals surface area contributed by atoms with Gasteiger partial charge in [0.15, 0.2) is 0 Å². The van der Waals surface area contributed by atoms with Gasteiger partial charge in [-0.25, -0.2) is 0 Å². The molecule has 0 spiro atoms. The Hall–Kier alpha value is -2.44. The number of ketones is 1. The number of Topliss-reactive ketones (excluding diaryl/α,β-unsaturated/α-hetero) is 1. The van der Waals surface area contributed by atoms with Gasteiger partial charge >= 0.3 is 0 Å². The van der Waals surface area contributed by atoms with Crippen molar-refractivity contribution in [2.75, 3.05) is 13.2 Å². The van der Waals surface area contributed by atoms with Crippen molar-refractivity contribution in [3.05, 3.63) is 63.9 Å². The predicted octanol–water partition coefficient (Wildman–Crippen LogP) is 3.98. The zero-order valence-corrected chi connectivity index (χ0v) is 16.2. The number of hydrogen-bond acceptors (Lipinski definition) is 5. The molecule has 1 aromatic heterocycles. The van der Waals surface area contributed by atoms with Crippen molar-refractivity contribution < 1.29 is 19.4 Å². The Morgan fingerprint density at radius 3 is 2.56 bits per heavy atom. The summed E-state index contributed by atoms with van der Waals surface area (Å²) < 4.78 is 5.55. The van der Waals surface area contributed by atoms with Gasteiger partial charge < -0.3 is 14.7 Å². The maximum atomic E-state index is 12.7. The lowest BCUT2D eigenvalue weighted by Gasteiger charge is -2.24. The molecule has 1 saturated heterocycles. The molecule has 6 heteroatoms. The van der Waals surface area contributed by atoms with Gasteiger partial charge in [-0.1, -0.05) is 36.4 Å². The number of nitrogens with zero attached hydrogens (tertiary/aromatic N) is 1. The first-order chi connectivity index (χ1) is 13.0. The van der Waals surface area contributed by atoms with Gasteiger partial charge in [0.05, 0.1) is 17.7 Å². The van der Waals surface area contributed by atoms with Gasteiger partial charge in [-0.05, 0) is 31.7 Å². The van der Waals surface area contributed by atoms with Gasteiger partial charge in [0.2, 0.25) is 0 Å². The second-order valence-corrected chi connectivity index (χ2v) is 7.63. The van der Waals surface area contributed by atoms with Crippen molar-refractivity contribution in [3.8, 4) is 0 Å². The van der Waals surface area contributed by atoms with E-state index >= 15 is 0 Å². The fourth-order valence-corrected chi connectivity index (χ4v) is 4.00. The standard InChI is InChI=1S/C21H23NO4S/c1-14(2)26-12-7-11-22-18(16-10-6-13-27-16)17(20(24)21(22)25)19(23)15-8-4-3-5-9-15/h3-6,8-10,13-14,18,23H,7,11-12H2,1-2H3. The molecule has 0 aliphatic carbocycles. The molecule has 1 N–H and O–H groups in total. The second-order valence-electron chi connectivity index (χ2n) is 6.65. The monoisotopic (exact) mass is 385 g/mol. The zero-order valence-electron chi connectivity index (χ0n) is 15.4. The lowest BCUT2D eigenvalue weighted by atomic mass is 10.00. The van der Waals surface area contributed by atoms with E-state index in [2.05, 4.69) is 0 Å². The fraction of sp³-hybridized carbons (Fsp3) is 0.333. The average molecular weight is 385 g/mol. The van der Waals surface area contributed by atoms with Crippen LogP contribution in [0.5, 0.6) is 0 Å². The average Bonchev–Trinajstić information content (AvgIpc) is 3.27. The van der Waals surface area contributed by atoms with Crippen LogP contribution in [0.1, 0.15) is 36.8 Å². The van der Waals surface area contributed by atoms with E-state index < -0.39 is 17.7 Å². The first-order valence-corrected chi connectivity index (χ1v) is 9.87. The first-order valence-electron chi connectivity index (χ1n) is 8.99. The molecule has 3 rings (SSSR count). The third-order valence-corrected chi connectivity index (χ3v) is 5.32. The predicted molar refractivity (Wildman–Crippen MR) is 105 cm³/mol. The van der Waals surface area contributed by atoms with Crippen LogP contribution in [0.3, 0.4) is 0 Å².